The van der Waals surface area contributed by atoms with Gasteiger partial charge in [0.2, 0.25) is 5.91 Å². The van der Waals surface area contributed by atoms with Gasteiger partial charge in [-0.2, -0.15) is 0 Å². The van der Waals surface area contributed by atoms with E-state index in [0.717, 1.165) is 16.3 Å². The number of anilines is 2. The highest BCUT2D eigenvalue weighted by Crippen LogP contribution is 2.41. The molecule has 1 unspecified atom stereocenters. The Bertz CT molecular complexity index is 431. The average Bonchev–Trinajstić information content (AvgIpc) is 2.22. The number of nitrogens with two attached hydrogens (primary N) is 1. The molecule has 0 fully saturated rings. The summed E-state index contributed by atoms with van der Waals surface area (Å²) in [4.78, 5) is 14.9. The Balaban J connectivity index is 2.44. The van der Waals surface area contributed by atoms with E-state index in [9.17, 15) is 4.79 Å². The summed E-state index contributed by atoms with van der Waals surface area (Å²) in [6.45, 7) is 4.14. The van der Waals surface area contributed by atoms with Gasteiger partial charge in [-0.1, -0.05) is 13.8 Å². The molecule has 0 saturated carbocycles. The Morgan fingerprint density at radius 3 is 2.75 bits per heavy atom. The van der Waals surface area contributed by atoms with Crippen LogP contribution in [0.1, 0.15) is 13.8 Å². The van der Waals surface area contributed by atoms with Crippen molar-refractivity contribution in [2.75, 3.05) is 17.7 Å². The number of hydrogen-bond donors (Lipinski definition) is 1. The third kappa shape index (κ3) is 1.78. The van der Waals surface area contributed by atoms with Gasteiger partial charge >= 0.3 is 0 Å². The molecular formula is C12H16N2OS. The minimum Gasteiger partial charge on any atom is -0.399 e. The SMILES string of the molecule is CC(C)C1Sc2cc(N)ccc2N(C)C1=O. The predicted octanol–water partition coefficient (Wildman–Crippen LogP) is 2.36. The standard InChI is InChI=1S/C12H16N2OS/c1-7(2)11-12(15)14(3)9-5-4-8(13)6-10(9)16-11/h4-7,11H,13H2,1-3H3. The minimum atomic E-state index is -0.000648. The first-order chi connectivity index (χ1) is 7.50. The summed E-state index contributed by atoms with van der Waals surface area (Å²) in [6, 6.07) is 5.68. The summed E-state index contributed by atoms with van der Waals surface area (Å²) >= 11 is 1.62. The first-order valence-electron chi connectivity index (χ1n) is 5.34. The quantitative estimate of drug-likeness (QED) is 0.761. The predicted molar refractivity (Wildman–Crippen MR) is 68.7 cm³/mol. The van der Waals surface area contributed by atoms with Crippen LogP contribution < -0.4 is 10.6 Å². The number of rotatable bonds is 1. The monoisotopic (exact) mass is 236 g/mol. The van der Waals surface area contributed by atoms with Crippen molar-refractivity contribution in [1.82, 2.24) is 0 Å². The van der Waals surface area contributed by atoms with E-state index < -0.39 is 0 Å². The molecule has 2 N–H and O–H groups in total. The lowest BCUT2D eigenvalue weighted by molar-refractivity contribution is -0.118. The highest BCUT2D eigenvalue weighted by atomic mass is 32.2. The largest absolute Gasteiger partial charge is 0.399 e. The van der Waals surface area contributed by atoms with Gasteiger partial charge in [-0.3, -0.25) is 4.79 Å². The number of carbonyl (C=O) groups excluding carboxylic acids is 1. The molecular weight excluding hydrogens is 220 g/mol. The van der Waals surface area contributed by atoms with Crippen LogP contribution in [0.4, 0.5) is 11.4 Å². The zero-order valence-electron chi connectivity index (χ0n) is 9.73. The summed E-state index contributed by atoms with van der Waals surface area (Å²) in [6.07, 6.45) is 0. The van der Waals surface area contributed by atoms with E-state index in [0.29, 0.717) is 5.92 Å². The van der Waals surface area contributed by atoms with Gasteiger partial charge in [0.05, 0.1) is 10.9 Å². The molecule has 0 aromatic heterocycles. The number of benzene rings is 1. The number of hydrogen-bond acceptors (Lipinski definition) is 3. The molecule has 86 valence electrons. The molecule has 3 nitrogen and oxygen atoms in total. The Hall–Kier alpha value is -1.16. The summed E-state index contributed by atoms with van der Waals surface area (Å²) in [5.41, 5.74) is 7.47. The molecule has 2 rings (SSSR count). The lowest BCUT2D eigenvalue weighted by Crippen LogP contribution is -2.40. The van der Waals surface area contributed by atoms with Crippen molar-refractivity contribution in [2.45, 2.75) is 24.0 Å². The number of fused-ring (bicyclic) bond motifs is 1. The van der Waals surface area contributed by atoms with E-state index >= 15 is 0 Å². The molecule has 1 heterocycles. The van der Waals surface area contributed by atoms with Crippen LogP contribution in [0.25, 0.3) is 0 Å². The van der Waals surface area contributed by atoms with Crippen molar-refractivity contribution in [1.29, 1.82) is 0 Å². The van der Waals surface area contributed by atoms with Gasteiger partial charge in [0, 0.05) is 17.6 Å². The fraction of sp³-hybridized carbons (Fsp3) is 0.417. The van der Waals surface area contributed by atoms with E-state index in [1.54, 1.807) is 16.7 Å². The van der Waals surface area contributed by atoms with Crippen LogP contribution >= 0.6 is 11.8 Å². The number of amides is 1. The Kier molecular flexibility index (Phi) is 2.84. The van der Waals surface area contributed by atoms with Gasteiger partial charge in [-0.25, -0.2) is 0 Å². The first kappa shape index (κ1) is 11.3. The highest BCUT2D eigenvalue weighted by Gasteiger charge is 2.33. The molecule has 1 aliphatic rings. The van der Waals surface area contributed by atoms with Crippen LogP contribution in [0.15, 0.2) is 23.1 Å². The molecule has 1 aromatic rings. The molecule has 0 radical (unpaired) electrons. The van der Waals surface area contributed by atoms with Gasteiger partial charge in [0.1, 0.15) is 0 Å². The van der Waals surface area contributed by atoms with E-state index in [1.165, 1.54) is 0 Å². The summed E-state index contributed by atoms with van der Waals surface area (Å²) in [5.74, 6) is 0.506. The van der Waals surface area contributed by atoms with Crippen LogP contribution in [0.3, 0.4) is 0 Å². The van der Waals surface area contributed by atoms with Gasteiger partial charge in [-0.05, 0) is 24.1 Å². The smallest absolute Gasteiger partial charge is 0.240 e. The fourth-order valence-electron chi connectivity index (χ4n) is 1.82. The topological polar surface area (TPSA) is 46.3 Å². The second-order valence-electron chi connectivity index (χ2n) is 4.41. The van der Waals surface area contributed by atoms with Crippen LogP contribution in [-0.2, 0) is 4.79 Å². The van der Waals surface area contributed by atoms with Crippen molar-refractivity contribution >= 4 is 29.0 Å². The third-order valence-corrected chi connectivity index (χ3v) is 4.36. The van der Waals surface area contributed by atoms with E-state index in [2.05, 4.69) is 13.8 Å². The molecule has 0 bridgehead atoms. The van der Waals surface area contributed by atoms with E-state index in [4.69, 9.17) is 5.73 Å². The Labute approximate surface area is 100.0 Å². The van der Waals surface area contributed by atoms with Crippen molar-refractivity contribution in [3.63, 3.8) is 0 Å². The summed E-state index contributed by atoms with van der Waals surface area (Å²) in [5, 5.41) is -0.000648. The number of carbonyl (C=O) groups is 1. The molecule has 0 spiro atoms. The molecule has 0 aliphatic carbocycles. The van der Waals surface area contributed by atoms with Crippen molar-refractivity contribution in [2.24, 2.45) is 5.92 Å². The van der Waals surface area contributed by atoms with E-state index in [1.807, 2.05) is 25.2 Å². The Morgan fingerprint density at radius 1 is 1.44 bits per heavy atom. The van der Waals surface area contributed by atoms with Gasteiger partial charge in [0.15, 0.2) is 0 Å². The van der Waals surface area contributed by atoms with Crippen molar-refractivity contribution < 1.29 is 4.79 Å². The van der Waals surface area contributed by atoms with Gasteiger partial charge in [-0.15, -0.1) is 11.8 Å². The Morgan fingerprint density at radius 2 is 2.12 bits per heavy atom. The van der Waals surface area contributed by atoms with Crippen LogP contribution in [-0.4, -0.2) is 18.2 Å². The molecule has 1 aromatic carbocycles. The second kappa shape index (κ2) is 4.01. The number of thioether (sulfide) groups is 1. The van der Waals surface area contributed by atoms with Crippen molar-refractivity contribution in [3.8, 4) is 0 Å². The summed E-state index contributed by atoms with van der Waals surface area (Å²) in [7, 11) is 1.83. The first-order valence-corrected chi connectivity index (χ1v) is 6.22. The van der Waals surface area contributed by atoms with Crippen LogP contribution in [0.2, 0.25) is 0 Å². The van der Waals surface area contributed by atoms with Crippen molar-refractivity contribution in [3.05, 3.63) is 18.2 Å². The maximum atomic E-state index is 12.1. The van der Waals surface area contributed by atoms with Gasteiger partial charge in [0.25, 0.3) is 0 Å². The molecule has 4 heteroatoms. The lowest BCUT2D eigenvalue weighted by Gasteiger charge is -2.32. The number of nitrogen functional groups attached to an aromatic ring is 1. The number of nitrogens with zero attached hydrogens (tertiary/aromatic N) is 1. The normalized spacial score (nSPS) is 20.1. The lowest BCUT2D eigenvalue weighted by atomic mass is 10.1. The highest BCUT2D eigenvalue weighted by molar-refractivity contribution is 8.01. The van der Waals surface area contributed by atoms with Gasteiger partial charge < -0.3 is 10.6 Å². The molecule has 1 atom stereocenters. The molecule has 16 heavy (non-hydrogen) atoms. The molecule has 0 saturated heterocycles. The van der Waals surface area contributed by atoms with Crippen LogP contribution in [0, 0.1) is 5.92 Å². The fourth-order valence-corrected chi connectivity index (χ4v) is 3.15. The molecule has 1 amide bonds. The van der Waals surface area contributed by atoms with E-state index in [-0.39, 0.29) is 11.2 Å². The second-order valence-corrected chi connectivity index (χ2v) is 5.59. The maximum absolute atomic E-state index is 12.1. The van der Waals surface area contributed by atoms with Crippen LogP contribution in [0.5, 0.6) is 0 Å². The maximum Gasteiger partial charge on any atom is 0.240 e. The zero-order valence-corrected chi connectivity index (χ0v) is 10.5. The minimum absolute atomic E-state index is 0.000648. The third-order valence-electron chi connectivity index (χ3n) is 2.78. The zero-order chi connectivity index (χ0) is 11.9. The summed E-state index contributed by atoms with van der Waals surface area (Å²) < 4.78 is 0. The molecule has 1 aliphatic heterocycles. The average molecular weight is 236 g/mol.